The van der Waals surface area contributed by atoms with Crippen LogP contribution in [0.1, 0.15) is 143 Å². The Hall–Kier alpha value is 0.0700. The number of hydrogen-bond donors (Lipinski definition) is 1. The summed E-state index contributed by atoms with van der Waals surface area (Å²) in [7, 11) is -3.92. The predicted molar refractivity (Wildman–Crippen MR) is 145 cm³/mol. The zero-order valence-corrected chi connectivity index (χ0v) is 23.9. The molecule has 0 aromatic carbocycles. The highest BCUT2D eigenvalue weighted by atomic mass is 31.2. The van der Waals surface area contributed by atoms with E-state index in [9.17, 15) is 9.46 Å². The van der Waals surface area contributed by atoms with Gasteiger partial charge in [0.25, 0.3) is 0 Å². The van der Waals surface area contributed by atoms with Gasteiger partial charge in [-0.15, -0.1) is 0 Å². The van der Waals surface area contributed by atoms with Gasteiger partial charge in [-0.2, -0.15) is 0 Å². The minimum Gasteiger partial charge on any atom is -0.302 e. The van der Waals surface area contributed by atoms with Crippen LogP contribution in [0.25, 0.3) is 0 Å². The van der Waals surface area contributed by atoms with E-state index in [2.05, 4.69) is 25.7 Å². The van der Waals surface area contributed by atoms with Crippen LogP contribution >= 0.6 is 7.82 Å². The van der Waals surface area contributed by atoms with E-state index in [1.807, 2.05) is 0 Å². The molecular weight excluding hydrogens is 445 g/mol. The second kappa shape index (κ2) is 21.2. The molecule has 1 rings (SSSR count). The van der Waals surface area contributed by atoms with Crippen LogP contribution in [0, 0.1) is 5.92 Å². The van der Waals surface area contributed by atoms with Gasteiger partial charge in [0.2, 0.25) is 0 Å². The van der Waals surface area contributed by atoms with Crippen molar-refractivity contribution in [3.8, 4) is 0 Å². The van der Waals surface area contributed by atoms with Gasteiger partial charge in [0.1, 0.15) is 0 Å². The third-order valence-electron chi connectivity index (χ3n) is 7.16. The van der Waals surface area contributed by atoms with Gasteiger partial charge < -0.3 is 4.89 Å². The molecule has 1 aliphatic rings. The molecule has 1 atom stereocenters. The molecular formula is C28H58NO4P. The van der Waals surface area contributed by atoms with Gasteiger partial charge in [-0.25, -0.2) is 4.57 Å². The number of hydrogen-bond acceptors (Lipinski definition) is 4. The summed E-state index contributed by atoms with van der Waals surface area (Å²) >= 11 is 0. The number of rotatable bonds is 25. The number of phosphoric acid groups is 1. The van der Waals surface area contributed by atoms with Crippen molar-refractivity contribution in [2.24, 2.45) is 5.92 Å². The number of nitrogens with zero attached hydrogens (tertiary/aromatic N) is 1. The fourth-order valence-electron chi connectivity index (χ4n) is 4.96. The average molecular weight is 504 g/mol. The summed E-state index contributed by atoms with van der Waals surface area (Å²) in [5.74, 6) is 0.749. The highest BCUT2D eigenvalue weighted by Crippen LogP contribution is 2.46. The summed E-state index contributed by atoms with van der Waals surface area (Å²) in [5, 5.41) is 0. The lowest BCUT2D eigenvalue weighted by atomic mass is 9.92. The first-order chi connectivity index (χ1) is 16.5. The average Bonchev–Trinajstić information content (AvgIpc) is 2.78. The van der Waals surface area contributed by atoms with E-state index in [0.29, 0.717) is 6.61 Å². The molecule has 0 bridgehead atoms. The number of likely N-dealkylation sites (tertiary alicyclic amines) is 1. The largest absolute Gasteiger partial charge is 0.472 e. The quantitative estimate of drug-likeness (QED) is 0.0995. The first kappa shape index (κ1) is 32.1. The lowest BCUT2D eigenvalue weighted by Crippen LogP contribution is -2.53. The second-order valence-electron chi connectivity index (χ2n) is 10.6. The molecule has 34 heavy (non-hydrogen) atoms. The Kier molecular flexibility index (Phi) is 20.0. The predicted octanol–water partition coefficient (Wildman–Crippen LogP) is 8.89. The third-order valence-corrected chi connectivity index (χ3v) is 8.23. The van der Waals surface area contributed by atoms with Crippen molar-refractivity contribution < 1.29 is 18.5 Å². The molecule has 1 saturated heterocycles. The van der Waals surface area contributed by atoms with E-state index in [0.717, 1.165) is 38.4 Å². The van der Waals surface area contributed by atoms with Crippen LogP contribution in [-0.2, 0) is 13.6 Å². The highest BCUT2D eigenvalue weighted by molar-refractivity contribution is 7.47. The number of phosphoric ester groups is 1. The van der Waals surface area contributed by atoms with Gasteiger partial charge in [-0.1, -0.05) is 124 Å². The Balaban J connectivity index is 2.21. The van der Waals surface area contributed by atoms with E-state index in [1.54, 1.807) is 0 Å². The molecule has 1 aliphatic heterocycles. The Labute approximate surface area is 212 Å². The molecule has 1 fully saturated rings. The maximum Gasteiger partial charge on any atom is 0.472 e. The summed E-state index contributed by atoms with van der Waals surface area (Å²) in [5.41, 5.74) is 0. The standard InChI is InChI=1S/C28H58NO4P/c1-4-7-10-13-14-17-20-23-32-34(30,31)33-28-25-29(26-28)24-27(21-18-15-11-8-5-2)22-19-16-12-9-6-3/h27-28H,4-26H2,1-3H3,(H,30,31). The van der Waals surface area contributed by atoms with Crippen molar-refractivity contribution in [2.75, 3.05) is 26.2 Å². The normalized spacial score (nSPS) is 16.7. The Bertz CT molecular complexity index is 485. The fraction of sp³-hybridized carbons (Fsp3) is 1.00. The molecule has 5 nitrogen and oxygen atoms in total. The fourth-order valence-corrected chi connectivity index (χ4v) is 5.89. The Morgan fingerprint density at radius 1 is 0.735 bits per heavy atom. The smallest absolute Gasteiger partial charge is 0.302 e. The van der Waals surface area contributed by atoms with Gasteiger partial charge in [0.15, 0.2) is 0 Å². The lowest BCUT2D eigenvalue weighted by molar-refractivity contribution is -0.0141. The van der Waals surface area contributed by atoms with Crippen molar-refractivity contribution >= 4 is 7.82 Å². The topological polar surface area (TPSA) is 59.0 Å². The summed E-state index contributed by atoms with van der Waals surface area (Å²) in [6.07, 6.45) is 24.1. The molecule has 204 valence electrons. The van der Waals surface area contributed by atoms with Gasteiger partial charge in [0.05, 0.1) is 12.7 Å². The monoisotopic (exact) mass is 503 g/mol. The summed E-state index contributed by atoms with van der Waals surface area (Å²) in [4.78, 5) is 12.5. The summed E-state index contributed by atoms with van der Waals surface area (Å²) in [6, 6.07) is 0. The maximum atomic E-state index is 12.3. The molecule has 0 aliphatic carbocycles. The van der Waals surface area contributed by atoms with E-state index in [1.165, 1.54) is 109 Å². The number of unbranched alkanes of at least 4 members (excludes halogenated alkanes) is 14. The van der Waals surface area contributed by atoms with Crippen LogP contribution in [-0.4, -0.2) is 42.1 Å². The van der Waals surface area contributed by atoms with Crippen molar-refractivity contribution in [1.29, 1.82) is 0 Å². The van der Waals surface area contributed by atoms with Crippen LogP contribution in [0.5, 0.6) is 0 Å². The molecule has 0 spiro atoms. The van der Waals surface area contributed by atoms with Crippen molar-refractivity contribution in [3.63, 3.8) is 0 Å². The first-order valence-electron chi connectivity index (χ1n) is 14.9. The molecule has 1 unspecified atom stereocenters. The van der Waals surface area contributed by atoms with E-state index >= 15 is 0 Å². The summed E-state index contributed by atoms with van der Waals surface area (Å²) in [6.45, 7) is 9.70. The molecule has 1 heterocycles. The molecule has 0 radical (unpaired) electrons. The Morgan fingerprint density at radius 3 is 1.68 bits per heavy atom. The molecule has 0 aromatic heterocycles. The molecule has 6 heteroatoms. The van der Waals surface area contributed by atoms with E-state index in [-0.39, 0.29) is 6.10 Å². The van der Waals surface area contributed by atoms with Gasteiger partial charge in [-0.3, -0.25) is 13.9 Å². The van der Waals surface area contributed by atoms with Crippen LogP contribution in [0.2, 0.25) is 0 Å². The minimum atomic E-state index is -3.92. The molecule has 1 N–H and O–H groups in total. The van der Waals surface area contributed by atoms with Gasteiger partial charge in [-0.05, 0) is 25.2 Å². The van der Waals surface area contributed by atoms with Gasteiger partial charge in [0, 0.05) is 19.6 Å². The van der Waals surface area contributed by atoms with Crippen LogP contribution in [0.4, 0.5) is 0 Å². The molecule has 0 amide bonds. The lowest BCUT2D eigenvalue weighted by Gasteiger charge is -2.41. The van der Waals surface area contributed by atoms with Crippen molar-refractivity contribution in [3.05, 3.63) is 0 Å². The van der Waals surface area contributed by atoms with Crippen LogP contribution in [0.3, 0.4) is 0 Å². The van der Waals surface area contributed by atoms with Crippen molar-refractivity contribution in [1.82, 2.24) is 4.90 Å². The molecule has 0 aromatic rings. The highest BCUT2D eigenvalue weighted by Gasteiger charge is 2.35. The first-order valence-corrected chi connectivity index (χ1v) is 16.4. The maximum absolute atomic E-state index is 12.3. The van der Waals surface area contributed by atoms with E-state index < -0.39 is 7.82 Å². The minimum absolute atomic E-state index is 0.167. The second-order valence-corrected chi connectivity index (χ2v) is 12.0. The van der Waals surface area contributed by atoms with Crippen LogP contribution in [0.15, 0.2) is 0 Å². The van der Waals surface area contributed by atoms with Crippen LogP contribution < -0.4 is 0 Å². The SMILES string of the molecule is CCCCCCCCCOP(=O)(O)OC1CN(CC(CCCCCCC)CCCCCCC)C1. The van der Waals surface area contributed by atoms with Crippen molar-refractivity contribution in [2.45, 2.75) is 149 Å². The van der Waals surface area contributed by atoms with Gasteiger partial charge >= 0.3 is 7.82 Å². The molecule has 0 saturated carbocycles. The zero-order chi connectivity index (χ0) is 24.9. The zero-order valence-electron chi connectivity index (χ0n) is 23.0. The summed E-state index contributed by atoms with van der Waals surface area (Å²) < 4.78 is 22.9. The Morgan fingerprint density at radius 2 is 1.18 bits per heavy atom. The third kappa shape index (κ3) is 17.5. The van der Waals surface area contributed by atoms with E-state index in [4.69, 9.17) is 9.05 Å².